The summed E-state index contributed by atoms with van der Waals surface area (Å²) in [5.74, 6) is 0.325. The topological polar surface area (TPSA) is 70.2 Å². The lowest BCUT2D eigenvalue weighted by molar-refractivity contribution is 0.0746. The molecule has 0 spiro atoms. The summed E-state index contributed by atoms with van der Waals surface area (Å²) in [7, 11) is -1.94. The van der Waals surface area contributed by atoms with Gasteiger partial charge in [0.25, 0.3) is 5.91 Å². The lowest BCUT2D eigenvalue weighted by Gasteiger charge is -2.36. The van der Waals surface area contributed by atoms with E-state index in [1.54, 1.807) is 48.4 Å². The number of carbonyl (C=O) groups excluding carboxylic acids is 1. The number of halogens is 1. The Morgan fingerprint density at radius 3 is 2.17 bits per heavy atom. The highest BCUT2D eigenvalue weighted by atomic mass is 32.2. The zero-order chi connectivity index (χ0) is 25.0. The number of methoxy groups -OCH3 is 1. The molecule has 1 heterocycles. The minimum atomic E-state index is -3.59. The minimum absolute atomic E-state index is 0.0668. The van der Waals surface area contributed by atoms with Gasteiger partial charge >= 0.3 is 0 Å². The summed E-state index contributed by atoms with van der Waals surface area (Å²) in [6.45, 7) is 2.57. The van der Waals surface area contributed by atoms with Gasteiger partial charge in [-0.25, -0.2) is 12.8 Å². The fourth-order valence-electron chi connectivity index (χ4n) is 4.15. The standard InChI is InChI=1S/C26H28FN3O4S/c1-34-25-6-4-3-5-24(25)28-15-17-29(18-16-28)26(31)21-9-13-23(14-10-21)30(35(2,32)33)19-20-7-11-22(27)12-8-20/h3-14H,15-19H2,1-2H3. The Kier molecular flexibility index (Phi) is 7.25. The minimum Gasteiger partial charge on any atom is -0.495 e. The van der Waals surface area contributed by atoms with Crippen molar-refractivity contribution in [1.82, 2.24) is 4.90 Å². The van der Waals surface area contributed by atoms with Crippen LogP contribution in [0.1, 0.15) is 15.9 Å². The van der Waals surface area contributed by atoms with Gasteiger partial charge in [0, 0.05) is 31.7 Å². The van der Waals surface area contributed by atoms with Crippen LogP contribution in [0.4, 0.5) is 15.8 Å². The van der Waals surface area contributed by atoms with Crippen LogP contribution in [0.3, 0.4) is 0 Å². The van der Waals surface area contributed by atoms with Crippen LogP contribution in [0, 0.1) is 5.82 Å². The van der Waals surface area contributed by atoms with Crippen molar-refractivity contribution in [3.63, 3.8) is 0 Å². The molecule has 1 aliphatic heterocycles. The van der Waals surface area contributed by atoms with Crippen molar-refractivity contribution in [2.24, 2.45) is 0 Å². The van der Waals surface area contributed by atoms with Crippen molar-refractivity contribution in [3.8, 4) is 5.75 Å². The molecule has 0 atom stereocenters. The van der Waals surface area contributed by atoms with Crippen molar-refractivity contribution in [2.75, 3.05) is 48.7 Å². The van der Waals surface area contributed by atoms with E-state index in [9.17, 15) is 17.6 Å². The Labute approximate surface area is 205 Å². The van der Waals surface area contributed by atoms with Crippen molar-refractivity contribution in [3.05, 3.63) is 89.7 Å². The molecule has 9 heteroatoms. The number of sulfonamides is 1. The first kappa shape index (κ1) is 24.5. The predicted octanol–water partition coefficient (Wildman–Crippen LogP) is 3.76. The quantitative estimate of drug-likeness (QED) is 0.497. The number of para-hydroxylation sites is 2. The number of ether oxygens (including phenoxy) is 1. The summed E-state index contributed by atoms with van der Waals surface area (Å²) in [5, 5.41) is 0. The van der Waals surface area contributed by atoms with Gasteiger partial charge in [-0.15, -0.1) is 0 Å². The fourth-order valence-corrected chi connectivity index (χ4v) is 5.04. The highest BCUT2D eigenvalue weighted by Crippen LogP contribution is 2.29. The van der Waals surface area contributed by atoms with Gasteiger partial charge in [-0.1, -0.05) is 24.3 Å². The van der Waals surface area contributed by atoms with Gasteiger partial charge in [-0.3, -0.25) is 9.10 Å². The maximum absolute atomic E-state index is 13.2. The lowest BCUT2D eigenvalue weighted by atomic mass is 10.1. The van der Waals surface area contributed by atoms with Crippen LogP contribution >= 0.6 is 0 Å². The molecule has 0 aliphatic carbocycles. The molecule has 184 valence electrons. The average molecular weight is 498 g/mol. The molecule has 7 nitrogen and oxygen atoms in total. The number of hydrogen-bond acceptors (Lipinski definition) is 5. The van der Waals surface area contributed by atoms with Crippen LogP contribution in [-0.2, 0) is 16.6 Å². The Balaban J connectivity index is 1.44. The number of nitrogens with zero attached hydrogens (tertiary/aromatic N) is 3. The zero-order valence-corrected chi connectivity index (χ0v) is 20.5. The molecule has 4 rings (SSSR count). The van der Waals surface area contributed by atoms with Crippen LogP contribution in [-0.4, -0.2) is 58.8 Å². The first-order chi connectivity index (χ1) is 16.8. The van der Waals surface area contributed by atoms with E-state index in [1.807, 2.05) is 24.3 Å². The molecular weight excluding hydrogens is 469 g/mol. The molecule has 0 unspecified atom stereocenters. The Hall–Kier alpha value is -3.59. The molecule has 35 heavy (non-hydrogen) atoms. The molecule has 0 saturated carbocycles. The van der Waals surface area contributed by atoms with Gasteiger partial charge in [-0.05, 0) is 54.1 Å². The highest BCUT2D eigenvalue weighted by Gasteiger charge is 2.24. The zero-order valence-electron chi connectivity index (χ0n) is 19.7. The SMILES string of the molecule is COc1ccccc1N1CCN(C(=O)c2ccc(N(Cc3ccc(F)cc3)S(C)(=O)=O)cc2)CC1. The predicted molar refractivity (Wildman–Crippen MR) is 135 cm³/mol. The van der Waals surface area contributed by atoms with Crippen molar-refractivity contribution < 1.29 is 22.3 Å². The number of hydrogen-bond donors (Lipinski definition) is 0. The highest BCUT2D eigenvalue weighted by molar-refractivity contribution is 7.92. The van der Waals surface area contributed by atoms with Gasteiger partial charge in [-0.2, -0.15) is 0 Å². The van der Waals surface area contributed by atoms with E-state index < -0.39 is 10.0 Å². The summed E-state index contributed by atoms with van der Waals surface area (Å²) >= 11 is 0. The van der Waals surface area contributed by atoms with E-state index in [0.717, 1.165) is 17.7 Å². The third-order valence-electron chi connectivity index (χ3n) is 6.03. The van der Waals surface area contributed by atoms with Gasteiger partial charge in [0.2, 0.25) is 10.0 Å². The number of anilines is 2. The molecule has 0 radical (unpaired) electrons. The summed E-state index contributed by atoms with van der Waals surface area (Å²) in [4.78, 5) is 17.1. The largest absolute Gasteiger partial charge is 0.495 e. The molecule has 1 aliphatic rings. The Morgan fingerprint density at radius 1 is 0.943 bits per heavy atom. The van der Waals surface area contributed by atoms with E-state index in [2.05, 4.69) is 4.90 Å². The summed E-state index contributed by atoms with van der Waals surface area (Å²) in [5.41, 5.74) is 2.60. The fraction of sp³-hybridized carbons (Fsp3) is 0.269. The lowest BCUT2D eigenvalue weighted by Crippen LogP contribution is -2.48. The molecule has 1 amide bonds. The maximum Gasteiger partial charge on any atom is 0.253 e. The van der Waals surface area contributed by atoms with E-state index in [1.165, 1.54) is 16.4 Å². The number of rotatable bonds is 7. The monoisotopic (exact) mass is 497 g/mol. The number of benzene rings is 3. The van der Waals surface area contributed by atoms with E-state index in [-0.39, 0.29) is 18.3 Å². The van der Waals surface area contributed by atoms with Crippen molar-refractivity contribution >= 4 is 27.3 Å². The van der Waals surface area contributed by atoms with E-state index in [4.69, 9.17) is 4.74 Å². The molecule has 1 fully saturated rings. The average Bonchev–Trinajstić information content (AvgIpc) is 2.87. The van der Waals surface area contributed by atoms with Crippen molar-refractivity contribution in [2.45, 2.75) is 6.54 Å². The second kappa shape index (κ2) is 10.4. The second-order valence-electron chi connectivity index (χ2n) is 8.39. The number of piperazine rings is 1. The van der Waals surface area contributed by atoms with Crippen LogP contribution in [0.5, 0.6) is 5.75 Å². The molecule has 3 aromatic carbocycles. The van der Waals surface area contributed by atoms with Gasteiger partial charge < -0.3 is 14.5 Å². The Bertz CT molecular complexity index is 1270. The Morgan fingerprint density at radius 2 is 1.57 bits per heavy atom. The molecule has 3 aromatic rings. The first-order valence-electron chi connectivity index (χ1n) is 11.3. The maximum atomic E-state index is 13.2. The van der Waals surface area contributed by atoms with Crippen LogP contribution < -0.4 is 13.9 Å². The van der Waals surface area contributed by atoms with Crippen LogP contribution in [0.25, 0.3) is 0 Å². The summed E-state index contributed by atoms with van der Waals surface area (Å²) in [6.07, 6.45) is 1.12. The number of amides is 1. The number of carbonyl (C=O) groups is 1. The van der Waals surface area contributed by atoms with E-state index >= 15 is 0 Å². The molecule has 0 bridgehead atoms. The van der Waals surface area contributed by atoms with Crippen LogP contribution in [0.2, 0.25) is 0 Å². The van der Waals surface area contributed by atoms with Crippen molar-refractivity contribution in [1.29, 1.82) is 0 Å². The molecule has 0 aromatic heterocycles. The third-order valence-corrected chi connectivity index (χ3v) is 7.18. The smallest absolute Gasteiger partial charge is 0.253 e. The van der Waals surface area contributed by atoms with Gasteiger partial charge in [0.1, 0.15) is 11.6 Å². The summed E-state index contributed by atoms with van der Waals surface area (Å²) in [6, 6.07) is 20.1. The molecule has 1 saturated heterocycles. The third kappa shape index (κ3) is 5.74. The molecule has 0 N–H and O–H groups in total. The van der Waals surface area contributed by atoms with Gasteiger partial charge in [0.15, 0.2) is 0 Å². The van der Waals surface area contributed by atoms with E-state index in [0.29, 0.717) is 43.0 Å². The van der Waals surface area contributed by atoms with Gasteiger partial charge in [0.05, 0.1) is 31.3 Å². The second-order valence-corrected chi connectivity index (χ2v) is 10.3. The first-order valence-corrected chi connectivity index (χ1v) is 13.1. The van der Waals surface area contributed by atoms with Crippen LogP contribution in [0.15, 0.2) is 72.8 Å². The molecular formula is C26H28FN3O4S. The summed E-state index contributed by atoms with van der Waals surface area (Å²) < 4.78 is 44.8. The normalized spacial score (nSPS) is 14.0.